The van der Waals surface area contributed by atoms with Crippen molar-refractivity contribution < 1.29 is 28.5 Å². The maximum absolute atomic E-state index is 13.8. The summed E-state index contributed by atoms with van der Waals surface area (Å²) in [7, 11) is 2.89. The lowest BCUT2D eigenvalue weighted by molar-refractivity contribution is -0.136. The maximum atomic E-state index is 13.8. The summed E-state index contributed by atoms with van der Waals surface area (Å²) < 4.78 is 29.9. The van der Waals surface area contributed by atoms with Gasteiger partial charge in [-0.2, -0.15) is 0 Å². The van der Waals surface area contributed by atoms with Crippen LogP contribution in [0, 0.1) is 0 Å². The second-order valence-corrected chi connectivity index (χ2v) is 9.87. The van der Waals surface area contributed by atoms with Crippen molar-refractivity contribution in [3.63, 3.8) is 0 Å². The fraction of sp³-hybridized carbons (Fsp3) is 0.367. The highest BCUT2D eigenvalue weighted by Gasteiger charge is 2.31. The van der Waals surface area contributed by atoms with E-state index in [9.17, 15) is 9.59 Å². The topological polar surface area (TPSA) is 97.6 Å². The fourth-order valence-corrected chi connectivity index (χ4v) is 5.33. The number of nitrogens with zero attached hydrogens (tertiary/aromatic N) is 2. The van der Waals surface area contributed by atoms with Crippen molar-refractivity contribution in [2.45, 2.75) is 39.7 Å². The number of hydrogen-bond acceptors (Lipinski definition) is 9. The molecule has 4 rings (SSSR count). The Morgan fingerprint density at radius 1 is 0.975 bits per heavy atom. The van der Waals surface area contributed by atoms with Crippen LogP contribution in [0.15, 0.2) is 58.0 Å². The summed E-state index contributed by atoms with van der Waals surface area (Å²) in [4.78, 5) is 31.5. The summed E-state index contributed by atoms with van der Waals surface area (Å²) in [6.07, 6.45) is 5.23. The highest BCUT2D eigenvalue weighted by Crippen LogP contribution is 2.35. The first-order valence-electron chi connectivity index (χ1n) is 13.2. The zero-order valence-corrected chi connectivity index (χ0v) is 24.2. The molecule has 0 bridgehead atoms. The predicted octanol–water partition coefficient (Wildman–Crippen LogP) is 4.00. The van der Waals surface area contributed by atoms with Gasteiger partial charge in [-0.1, -0.05) is 36.8 Å². The molecule has 0 aliphatic carbocycles. The quantitative estimate of drug-likeness (QED) is 0.241. The van der Waals surface area contributed by atoms with Gasteiger partial charge in [-0.3, -0.25) is 9.36 Å². The van der Waals surface area contributed by atoms with E-state index < -0.39 is 12.0 Å². The second kappa shape index (κ2) is 13.3. The van der Waals surface area contributed by atoms with E-state index in [0.717, 1.165) is 18.4 Å². The number of esters is 1. The SMILES string of the molecule is CCCCOc1ccc(/C=c2\sc3n(c2=O)[C@H](c2ccc(OCC)c(OCC)c2)C(C(=O)OC)=CN=3)cc1OC. The molecule has 0 fully saturated rings. The number of benzene rings is 2. The van der Waals surface area contributed by atoms with Gasteiger partial charge >= 0.3 is 5.97 Å². The van der Waals surface area contributed by atoms with Gasteiger partial charge in [0.15, 0.2) is 27.8 Å². The molecule has 0 saturated carbocycles. The van der Waals surface area contributed by atoms with Gasteiger partial charge in [-0.25, -0.2) is 9.79 Å². The Bertz CT molecular complexity index is 1570. The van der Waals surface area contributed by atoms with Gasteiger partial charge in [-0.15, -0.1) is 0 Å². The summed E-state index contributed by atoms with van der Waals surface area (Å²) >= 11 is 1.24. The number of aromatic nitrogens is 1. The molecule has 1 aliphatic rings. The molecule has 0 unspecified atom stereocenters. The highest BCUT2D eigenvalue weighted by atomic mass is 32.1. The van der Waals surface area contributed by atoms with Gasteiger partial charge in [0.1, 0.15) is 0 Å². The lowest BCUT2D eigenvalue weighted by atomic mass is 9.97. The van der Waals surface area contributed by atoms with Crippen molar-refractivity contribution in [2.24, 2.45) is 4.99 Å². The van der Waals surface area contributed by atoms with Crippen molar-refractivity contribution in [3.05, 3.63) is 79.0 Å². The number of unbranched alkanes of at least 4 members (excludes halogenated alkanes) is 1. The van der Waals surface area contributed by atoms with E-state index >= 15 is 0 Å². The standard InChI is InChI=1S/C30H34N2O7S/c1-6-9-14-39-22-12-10-19(15-24(22)35-4)16-26-28(33)32-27(21(29(34)36-5)18-31-30(32)40-26)20-11-13-23(37-7-2)25(17-20)38-8-3/h10-13,15-18,27H,6-9,14H2,1-5H3/b26-16-/t27-/m1/s1. The zero-order chi connectivity index (χ0) is 28.6. The van der Waals surface area contributed by atoms with Crippen LogP contribution in [-0.2, 0) is 9.53 Å². The number of hydrogen-bond donors (Lipinski definition) is 0. The number of carbonyl (C=O) groups excluding carboxylic acids is 1. The number of methoxy groups -OCH3 is 2. The molecule has 0 saturated heterocycles. The third-order valence-electron chi connectivity index (χ3n) is 6.25. The molecule has 1 atom stereocenters. The van der Waals surface area contributed by atoms with Crippen LogP contribution in [0.4, 0.5) is 0 Å². The van der Waals surface area contributed by atoms with Crippen LogP contribution < -0.4 is 33.8 Å². The van der Waals surface area contributed by atoms with E-state index in [-0.39, 0.29) is 11.1 Å². The van der Waals surface area contributed by atoms with E-state index in [2.05, 4.69) is 11.9 Å². The normalized spacial score (nSPS) is 14.6. The lowest BCUT2D eigenvalue weighted by Gasteiger charge is -2.23. The van der Waals surface area contributed by atoms with E-state index in [1.807, 2.05) is 38.1 Å². The Kier molecular flexibility index (Phi) is 9.65. The minimum atomic E-state index is -0.760. The molecular formula is C30H34N2O7S. The number of ether oxygens (including phenoxy) is 5. The molecule has 0 amide bonds. The lowest BCUT2D eigenvalue weighted by Crippen LogP contribution is -2.39. The van der Waals surface area contributed by atoms with Crippen molar-refractivity contribution in [2.75, 3.05) is 34.0 Å². The first kappa shape index (κ1) is 28.9. The first-order valence-corrected chi connectivity index (χ1v) is 14.1. The molecule has 0 N–H and O–H groups in total. The third-order valence-corrected chi connectivity index (χ3v) is 7.25. The van der Waals surface area contributed by atoms with Crippen LogP contribution in [0.1, 0.15) is 50.8 Å². The van der Waals surface area contributed by atoms with Gasteiger partial charge in [0.05, 0.1) is 50.2 Å². The van der Waals surface area contributed by atoms with Crippen molar-refractivity contribution in [3.8, 4) is 23.0 Å². The number of thiazole rings is 1. The van der Waals surface area contributed by atoms with Crippen LogP contribution >= 0.6 is 11.3 Å². The Labute approximate surface area is 236 Å². The van der Waals surface area contributed by atoms with Crippen LogP contribution in [0.3, 0.4) is 0 Å². The highest BCUT2D eigenvalue weighted by molar-refractivity contribution is 7.07. The summed E-state index contributed by atoms with van der Waals surface area (Å²) in [5.74, 6) is 1.77. The van der Waals surface area contributed by atoms with Crippen LogP contribution in [0.25, 0.3) is 6.08 Å². The van der Waals surface area contributed by atoms with E-state index in [4.69, 9.17) is 23.7 Å². The minimum Gasteiger partial charge on any atom is -0.493 e. The monoisotopic (exact) mass is 566 g/mol. The Morgan fingerprint density at radius 3 is 2.40 bits per heavy atom. The average Bonchev–Trinajstić information content (AvgIpc) is 3.28. The molecule has 212 valence electrons. The number of carbonyl (C=O) groups is 1. The smallest absolute Gasteiger partial charge is 0.337 e. The Morgan fingerprint density at radius 2 is 1.70 bits per heavy atom. The molecule has 10 heteroatoms. The molecule has 40 heavy (non-hydrogen) atoms. The molecule has 1 aromatic heterocycles. The average molecular weight is 567 g/mol. The molecular weight excluding hydrogens is 532 g/mol. The van der Waals surface area contributed by atoms with E-state index in [1.54, 1.807) is 25.3 Å². The number of fused-ring (bicyclic) bond motifs is 1. The zero-order valence-electron chi connectivity index (χ0n) is 23.4. The van der Waals surface area contributed by atoms with Gasteiger partial charge in [0.2, 0.25) is 0 Å². The summed E-state index contributed by atoms with van der Waals surface area (Å²) in [5, 5.41) is 0. The van der Waals surface area contributed by atoms with E-state index in [0.29, 0.717) is 57.7 Å². The van der Waals surface area contributed by atoms with Gasteiger partial charge in [0, 0.05) is 6.20 Å². The summed E-state index contributed by atoms with van der Waals surface area (Å²) in [6, 6.07) is 10.2. The second-order valence-electron chi connectivity index (χ2n) is 8.86. The molecule has 0 radical (unpaired) electrons. The Hall–Kier alpha value is -4.05. The first-order chi connectivity index (χ1) is 19.4. The van der Waals surface area contributed by atoms with Crippen LogP contribution in [0.5, 0.6) is 23.0 Å². The largest absolute Gasteiger partial charge is 0.493 e. The van der Waals surface area contributed by atoms with Gasteiger partial charge in [-0.05, 0) is 61.7 Å². The third kappa shape index (κ3) is 6.07. The summed E-state index contributed by atoms with van der Waals surface area (Å²) in [6.45, 7) is 7.37. The van der Waals surface area contributed by atoms with Crippen molar-refractivity contribution in [1.29, 1.82) is 0 Å². The van der Waals surface area contributed by atoms with Crippen molar-refractivity contribution >= 4 is 23.4 Å². The fourth-order valence-electron chi connectivity index (χ4n) is 4.36. The minimum absolute atomic E-state index is 0.239. The summed E-state index contributed by atoms with van der Waals surface area (Å²) in [5.41, 5.74) is 1.40. The molecule has 2 aromatic carbocycles. The predicted molar refractivity (Wildman–Crippen MR) is 153 cm³/mol. The Balaban J connectivity index is 1.81. The van der Waals surface area contributed by atoms with E-state index in [1.165, 1.54) is 29.2 Å². The molecule has 3 aromatic rings. The van der Waals surface area contributed by atoms with Gasteiger partial charge in [0.25, 0.3) is 5.56 Å². The van der Waals surface area contributed by atoms with Crippen LogP contribution in [0.2, 0.25) is 0 Å². The number of rotatable bonds is 12. The van der Waals surface area contributed by atoms with Gasteiger partial charge < -0.3 is 23.7 Å². The molecule has 9 nitrogen and oxygen atoms in total. The molecule has 1 aliphatic heterocycles. The van der Waals surface area contributed by atoms with Crippen LogP contribution in [-0.4, -0.2) is 44.6 Å². The maximum Gasteiger partial charge on any atom is 0.337 e. The van der Waals surface area contributed by atoms with Crippen molar-refractivity contribution in [1.82, 2.24) is 4.57 Å². The molecule has 0 spiro atoms. The molecule has 2 heterocycles.